The number of piperidine rings is 1. The molecule has 0 saturated carbocycles. The van der Waals surface area contributed by atoms with Gasteiger partial charge in [0.2, 0.25) is 0 Å². The monoisotopic (exact) mass is 219 g/mol. The second-order valence-corrected chi connectivity index (χ2v) is 4.92. The second-order valence-electron chi connectivity index (χ2n) is 4.92. The molecule has 5 nitrogen and oxygen atoms in total. The van der Waals surface area contributed by atoms with Gasteiger partial charge in [-0.2, -0.15) is 0 Å². The summed E-state index contributed by atoms with van der Waals surface area (Å²) in [5.74, 6) is 1.44. The van der Waals surface area contributed by atoms with E-state index in [2.05, 4.69) is 20.4 Å². The predicted octanol–water partition coefficient (Wildman–Crippen LogP) is 0.249. The molecule has 5 heteroatoms. The highest BCUT2D eigenvalue weighted by Crippen LogP contribution is 2.40. The van der Waals surface area contributed by atoms with Gasteiger partial charge in [-0.05, 0) is 38.1 Å². The molecule has 2 fully saturated rings. The molecule has 16 heavy (non-hydrogen) atoms. The van der Waals surface area contributed by atoms with Gasteiger partial charge in [0.25, 0.3) is 0 Å². The van der Waals surface area contributed by atoms with Crippen molar-refractivity contribution in [3.8, 4) is 0 Å². The highest BCUT2D eigenvalue weighted by Gasteiger charge is 2.43. The van der Waals surface area contributed by atoms with Gasteiger partial charge in [-0.3, -0.25) is 0 Å². The summed E-state index contributed by atoms with van der Waals surface area (Å²) in [6.07, 6.45) is 2.57. The summed E-state index contributed by atoms with van der Waals surface area (Å²) in [5, 5.41) is 11.4. The van der Waals surface area contributed by atoms with Crippen molar-refractivity contribution in [2.45, 2.75) is 12.8 Å². The number of nitrogens with two attached hydrogens (primary N) is 1. The lowest BCUT2D eigenvalue weighted by molar-refractivity contribution is 0.149. The van der Waals surface area contributed by atoms with Crippen LogP contribution in [0.4, 0.5) is 11.6 Å². The summed E-state index contributed by atoms with van der Waals surface area (Å²) in [5.41, 5.74) is 6.06. The molecule has 1 aromatic rings. The van der Waals surface area contributed by atoms with Crippen molar-refractivity contribution < 1.29 is 0 Å². The Morgan fingerprint density at radius 2 is 1.94 bits per heavy atom. The number of hydrogen-bond donors (Lipinski definition) is 2. The number of anilines is 2. The van der Waals surface area contributed by atoms with Crippen molar-refractivity contribution in [2.75, 3.05) is 36.8 Å². The van der Waals surface area contributed by atoms with Crippen LogP contribution in [-0.4, -0.2) is 36.4 Å². The van der Waals surface area contributed by atoms with Gasteiger partial charge in [0.05, 0.1) is 0 Å². The zero-order chi connectivity index (χ0) is 11.0. The molecule has 2 aliphatic rings. The van der Waals surface area contributed by atoms with E-state index in [0.29, 0.717) is 11.2 Å². The number of aromatic nitrogens is 2. The van der Waals surface area contributed by atoms with E-state index >= 15 is 0 Å². The molecule has 3 rings (SSSR count). The molecule has 2 aliphatic heterocycles. The van der Waals surface area contributed by atoms with Crippen LogP contribution >= 0.6 is 0 Å². The number of nitrogens with one attached hydrogen (secondary N) is 1. The van der Waals surface area contributed by atoms with Crippen LogP contribution in [0.25, 0.3) is 0 Å². The maximum absolute atomic E-state index is 5.52. The number of nitrogens with zero attached hydrogens (tertiary/aromatic N) is 3. The first-order valence-corrected chi connectivity index (χ1v) is 5.82. The average Bonchev–Trinajstić information content (AvgIpc) is 2.28. The zero-order valence-corrected chi connectivity index (χ0v) is 9.32. The quantitative estimate of drug-likeness (QED) is 0.708. The Hall–Kier alpha value is -1.36. The number of hydrogen-bond acceptors (Lipinski definition) is 5. The van der Waals surface area contributed by atoms with Crippen molar-refractivity contribution in [3.05, 3.63) is 12.1 Å². The summed E-state index contributed by atoms with van der Waals surface area (Å²) in [6, 6.07) is 3.77. The maximum Gasteiger partial charge on any atom is 0.151 e. The molecule has 3 heterocycles. The van der Waals surface area contributed by atoms with E-state index in [9.17, 15) is 0 Å². The molecule has 2 saturated heterocycles. The third-order valence-corrected chi connectivity index (χ3v) is 3.71. The van der Waals surface area contributed by atoms with Crippen LogP contribution < -0.4 is 16.0 Å². The molecule has 0 aromatic carbocycles. The van der Waals surface area contributed by atoms with Crippen molar-refractivity contribution in [3.63, 3.8) is 0 Å². The van der Waals surface area contributed by atoms with E-state index in [1.54, 1.807) is 0 Å². The van der Waals surface area contributed by atoms with Crippen LogP contribution in [0.15, 0.2) is 12.1 Å². The number of rotatable bonds is 1. The Morgan fingerprint density at radius 1 is 1.19 bits per heavy atom. The predicted molar refractivity (Wildman–Crippen MR) is 63.2 cm³/mol. The molecule has 0 radical (unpaired) electrons. The van der Waals surface area contributed by atoms with E-state index in [-0.39, 0.29) is 0 Å². The van der Waals surface area contributed by atoms with Crippen LogP contribution in [0.2, 0.25) is 0 Å². The molecule has 0 bridgehead atoms. The van der Waals surface area contributed by atoms with Gasteiger partial charge >= 0.3 is 0 Å². The molecule has 3 N–H and O–H groups in total. The molecule has 0 aliphatic carbocycles. The lowest BCUT2D eigenvalue weighted by Gasteiger charge is -2.52. The van der Waals surface area contributed by atoms with Crippen LogP contribution in [0.3, 0.4) is 0 Å². The lowest BCUT2D eigenvalue weighted by Crippen LogP contribution is -2.60. The van der Waals surface area contributed by atoms with Gasteiger partial charge < -0.3 is 16.0 Å². The third kappa shape index (κ3) is 1.61. The molecule has 1 aromatic heterocycles. The van der Waals surface area contributed by atoms with Gasteiger partial charge in [0, 0.05) is 18.5 Å². The Labute approximate surface area is 95.0 Å². The van der Waals surface area contributed by atoms with E-state index < -0.39 is 0 Å². The second kappa shape index (κ2) is 3.59. The maximum atomic E-state index is 5.52. The fraction of sp³-hybridized carbons (Fsp3) is 0.636. The first-order chi connectivity index (χ1) is 7.77. The molecule has 0 amide bonds. The first-order valence-electron chi connectivity index (χ1n) is 5.82. The third-order valence-electron chi connectivity index (χ3n) is 3.71. The summed E-state index contributed by atoms with van der Waals surface area (Å²) in [6.45, 7) is 4.54. The minimum atomic E-state index is 0.487. The fourth-order valence-electron chi connectivity index (χ4n) is 2.70. The summed E-state index contributed by atoms with van der Waals surface area (Å²) in [4.78, 5) is 2.29. The van der Waals surface area contributed by atoms with Gasteiger partial charge in [-0.15, -0.1) is 10.2 Å². The summed E-state index contributed by atoms with van der Waals surface area (Å²) >= 11 is 0. The SMILES string of the molecule is Nc1ccc(N2CC3(CCNCC3)C2)nn1. The van der Waals surface area contributed by atoms with Gasteiger partial charge in [-0.25, -0.2) is 0 Å². The molecular formula is C11H17N5. The van der Waals surface area contributed by atoms with Crippen LogP contribution in [-0.2, 0) is 0 Å². The Bertz CT molecular complexity index is 360. The fourth-order valence-corrected chi connectivity index (χ4v) is 2.70. The molecule has 0 atom stereocenters. The normalized spacial score (nSPS) is 23.1. The van der Waals surface area contributed by atoms with Crippen LogP contribution in [0.1, 0.15) is 12.8 Å². The summed E-state index contributed by atoms with van der Waals surface area (Å²) in [7, 11) is 0. The topological polar surface area (TPSA) is 67.1 Å². The Balaban J connectivity index is 1.66. The van der Waals surface area contributed by atoms with E-state index in [1.165, 1.54) is 12.8 Å². The van der Waals surface area contributed by atoms with Gasteiger partial charge in [0.15, 0.2) is 5.82 Å². The smallest absolute Gasteiger partial charge is 0.151 e. The molecule has 1 spiro atoms. The van der Waals surface area contributed by atoms with Gasteiger partial charge in [-0.1, -0.05) is 0 Å². The van der Waals surface area contributed by atoms with E-state index in [4.69, 9.17) is 5.73 Å². The highest BCUT2D eigenvalue weighted by molar-refractivity contribution is 5.45. The zero-order valence-electron chi connectivity index (χ0n) is 9.32. The summed E-state index contributed by atoms with van der Waals surface area (Å²) < 4.78 is 0. The van der Waals surface area contributed by atoms with Gasteiger partial charge in [0.1, 0.15) is 5.82 Å². The molecule has 86 valence electrons. The van der Waals surface area contributed by atoms with Crippen molar-refractivity contribution in [1.29, 1.82) is 0 Å². The lowest BCUT2D eigenvalue weighted by atomic mass is 9.72. The van der Waals surface area contributed by atoms with E-state index in [1.807, 2.05) is 12.1 Å². The van der Waals surface area contributed by atoms with Crippen molar-refractivity contribution in [2.24, 2.45) is 5.41 Å². The standard InChI is InChI=1S/C11H17N5/c12-9-1-2-10(15-14-9)16-7-11(8-16)3-5-13-6-4-11/h1-2,13H,3-8H2,(H2,12,14). The minimum Gasteiger partial charge on any atom is -0.382 e. The average molecular weight is 219 g/mol. The first kappa shape index (κ1) is 9.84. The molecule has 0 unspecified atom stereocenters. The van der Waals surface area contributed by atoms with Crippen LogP contribution in [0.5, 0.6) is 0 Å². The van der Waals surface area contributed by atoms with E-state index in [0.717, 1.165) is 32.0 Å². The Kier molecular flexibility index (Phi) is 2.21. The van der Waals surface area contributed by atoms with Crippen molar-refractivity contribution in [1.82, 2.24) is 15.5 Å². The van der Waals surface area contributed by atoms with Crippen molar-refractivity contribution >= 4 is 11.6 Å². The number of nitrogen functional groups attached to an aromatic ring is 1. The molecular weight excluding hydrogens is 202 g/mol. The largest absolute Gasteiger partial charge is 0.382 e. The Morgan fingerprint density at radius 3 is 2.56 bits per heavy atom. The minimum absolute atomic E-state index is 0.487. The van der Waals surface area contributed by atoms with Crippen LogP contribution in [0, 0.1) is 5.41 Å². The highest BCUT2D eigenvalue weighted by atomic mass is 15.3.